The maximum atomic E-state index is 11.9. The first-order valence-corrected chi connectivity index (χ1v) is 17.4. The molecule has 2 aliphatic carbocycles. The van der Waals surface area contributed by atoms with E-state index in [1.165, 1.54) is 69.8 Å². The number of esters is 2. The molecule has 2 fully saturated rings. The molecular weight excluding hydrogens is 568 g/mol. The number of unbranched alkanes of at least 4 members (excludes halogenated alkanes) is 2. The molecule has 7 heteroatoms. The summed E-state index contributed by atoms with van der Waals surface area (Å²) in [6, 6.07) is 4.24. The molecule has 0 heterocycles. The Labute approximate surface area is 271 Å². The van der Waals surface area contributed by atoms with Crippen LogP contribution in [0.1, 0.15) is 121 Å². The van der Waals surface area contributed by atoms with Gasteiger partial charge >= 0.3 is 11.9 Å². The zero-order valence-electron chi connectivity index (χ0n) is 28.2. The van der Waals surface area contributed by atoms with E-state index in [-0.39, 0.29) is 33.0 Å². The summed E-state index contributed by atoms with van der Waals surface area (Å²) in [6.45, 7) is 13.4. The van der Waals surface area contributed by atoms with Crippen molar-refractivity contribution in [3.05, 3.63) is 47.6 Å². The van der Waals surface area contributed by atoms with Crippen LogP contribution in [0.15, 0.2) is 36.4 Å². The molecule has 0 aliphatic heterocycles. The van der Waals surface area contributed by atoms with Crippen LogP contribution in [0.25, 0.3) is 0 Å². The molecule has 0 radical (unpaired) electrons. The average Bonchev–Trinajstić information content (AvgIpc) is 3.04. The van der Waals surface area contributed by atoms with Crippen molar-refractivity contribution in [2.75, 3.05) is 33.0 Å². The third kappa shape index (κ3) is 12.1. The van der Waals surface area contributed by atoms with E-state index in [9.17, 15) is 14.7 Å². The van der Waals surface area contributed by atoms with Crippen LogP contribution in [0, 0.1) is 17.8 Å². The smallest absolute Gasteiger partial charge is 0.333 e. The van der Waals surface area contributed by atoms with Gasteiger partial charge in [-0.05, 0) is 107 Å². The number of aliphatic hydroxyl groups is 1. The van der Waals surface area contributed by atoms with Crippen molar-refractivity contribution in [1.82, 2.24) is 0 Å². The fraction of sp³-hybridized carbons (Fsp3) is 0.684. The predicted molar refractivity (Wildman–Crippen MR) is 179 cm³/mol. The summed E-state index contributed by atoms with van der Waals surface area (Å²) in [5.41, 5.74) is 2.73. The summed E-state index contributed by atoms with van der Waals surface area (Å²) < 4.78 is 22.9. The minimum absolute atomic E-state index is 0.0394. The highest BCUT2D eigenvalue weighted by Crippen LogP contribution is 2.46. The molecule has 0 atom stereocenters. The topological polar surface area (TPSA) is 91.3 Å². The zero-order valence-corrected chi connectivity index (χ0v) is 28.2. The van der Waals surface area contributed by atoms with Crippen molar-refractivity contribution < 1.29 is 33.6 Å². The van der Waals surface area contributed by atoms with E-state index in [1.807, 2.05) is 0 Å². The van der Waals surface area contributed by atoms with Gasteiger partial charge in [0.2, 0.25) is 0 Å². The molecule has 0 bridgehead atoms. The second kappa shape index (κ2) is 19.7. The van der Waals surface area contributed by atoms with Crippen molar-refractivity contribution in [2.24, 2.45) is 17.8 Å². The van der Waals surface area contributed by atoms with E-state index in [1.54, 1.807) is 13.8 Å². The Morgan fingerprint density at radius 1 is 0.756 bits per heavy atom. The Bertz CT molecular complexity index is 1040. The Kier molecular flexibility index (Phi) is 16.0. The van der Waals surface area contributed by atoms with Gasteiger partial charge in [0, 0.05) is 23.3 Å². The van der Waals surface area contributed by atoms with E-state index in [2.05, 4.69) is 32.2 Å². The normalized spacial score (nSPS) is 21.5. The second-order valence-corrected chi connectivity index (χ2v) is 13.2. The number of hydrogen-bond acceptors (Lipinski definition) is 7. The van der Waals surface area contributed by atoms with Crippen LogP contribution >= 0.6 is 0 Å². The van der Waals surface area contributed by atoms with Crippen molar-refractivity contribution in [1.29, 1.82) is 0 Å². The molecule has 0 saturated heterocycles. The Morgan fingerprint density at radius 3 is 1.73 bits per heavy atom. The molecular formula is C38H58O7. The molecule has 2 saturated carbocycles. The molecule has 252 valence electrons. The van der Waals surface area contributed by atoms with Crippen LogP contribution in [0.3, 0.4) is 0 Å². The summed E-state index contributed by atoms with van der Waals surface area (Å²) in [5.74, 6) is 3.53. The van der Waals surface area contributed by atoms with E-state index in [0.717, 1.165) is 36.2 Å². The van der Waals surface area contributed by atoms with Crippen LogP contribution in [0.5, 0.6) is 11.5 Å². The van der Waals surface area contributed by atoms with Gasteiger partial charge in [-0.15, -0.1) is 0 Å². The molecule has 1 N–H and O–H groups in total. The largest absolute Gasteiger partial charge is 0.490 e. The summed E-state index contributed by atoms with van der Waals surface area (Å²) in [6.07, 6.45) is 17.0. The SMILES string of the molecule is C=C(C)C(=O)OCCOc1cc(C2CCC(C3CCC(CCCCC)CC3)CC2)cc(OCCOC(=O)C(=C)C)c1CCCO. The van der Waals surface area contributed by atoms with Crippen LogP contribution in [-0.4, -0.2) is 50.1 Å². The molecule has 0 amide bonds. The van der Waals surface area contributed by atoms with Crippen LogP contribution in [0.4, 0.5) is 0 Å². The van der Waals surface area contributed by atoms with Crippen LogP contribution in [0.2, 0.25) is 0 Å². The Balaban J connectivity index is 1.69. The molecule has 1 aromatic carbocycles. The van der Waals surface area contributed by atoms with Crippen molar-refractivity contribution in [3.8, 4) is 11.5 Å². The lowest BCUT2D eigenvalue weighted by Crippen LogP contribution is -2.25. The Hall–Kier alpha value is -2.80. The number of rotatable bonds is 19. The molecule has 7 nitrogen and oxygen atoms in total. The van der Waals surface area contributed by atoms with Gasteiger partial charge in [-0.3, -0.25) is 0 Å². The lowest BCUT2D eigenvalue weighted by Gasteiger charge is -2.38. The van der Waals surface area contributed by atoms with Crippen LogP contribution < -0.4 is 9.47 Å². The minimum Gasteiger partial charge on any atom is -0.490 e. The molecule has 3 rings (SSSR count). The molecule has 2 aliphatic rings. The summed E-state index contributed by atoms with van der Waals surface area (Å²) in [7, 11) is 0. The summed E-state index contributed by atoms with van der Waals surface area (Å²) >= 11 is 0. The van der Waals surface area contributed by atoms with Gasteiger partial charge < -0.3 is 24.1 Å². The standard InChI is InChI=1S/C38H58O7/c1-6-7-8-10-29-12-14-30(15-13-29)31-16-18-32(19-17-31)33-25-35(42-21-23-44-37(40)27(2)3)34(11-9-20-39)36(26-33)43-22-24-45-38(41)28(4)5/h25-26,29-32,39H,2,4,6-24H2,1,3,5H3. The van der Waals surface area contributed by atoms with Gasteiger partial charge in [-0.1, -0.05) is 58.6 Å². The number of carbonyl (C=O) groups excluding carboxylic acids is 2. The molecule has 0 unspecified atom stereocenters. The van der Waals surface area contributed by atoms with Gasteiger partial charge in [-0.25, -0.2) is 9.59 Å². The number of hydrogen-bond donors (Lipinski definition) is 1. The third-order valence-electron chi connectivity index (χ3n) is 9.64. The zero-order chi connectivity index (χ0) is 32.6. The number of carbonyl (C=O) groups is 2. The first-order chi connectivity index (χ1) is 21.7. The van der Waals surface area contributed by atoms with Gasteiger partial charge in [0.1, 0.15) is 37.9 Å². The fourth-order valence-electron chi connectivity index (χ4n) is 7.01. The monoisotopic (exact) mass is 626 g/mol. The Morgan fingerprint density at radius 2 is 1.27 bits per heavy atom. The van der Waals surface area contributed by atoms with Gasteiger partial charge in [0.15, 0.2) is 0 Å². The fourth-order valence-corrected chi connectivity index (χ4v) is 7.01. The van der Waals surface area contributed by atoms with E-state index < -0.39 is 11.9 Å². The molecule has 0 spiro atoms. The lowest BCUT2D eigenvalue weighted by molar-refractivity contribution is -0.140. The quantitative estimate of drug-likeness (QED) is 0.0939. The predicted octanol–water partition coefficient (Wildman–Crippen LogP) is 8.27. The van der Waals surface area contributed by atoms with Crippen molar-refractivity contribution >= 4 is 11.9 Å². The summed E-state index contributed by atoms with van der Waals surface area (Å²) in [4.78, 5) is 23.7. The maximum Gasteiger partial charge on any atom is 0.333 e. The maximum absolute atomic E-state index is 11.9. The molecule has 1 aromatic rings. The highest BCUT2D eigenvalue weighted by atomic mass is 16.6. The van der Waals surface area contributed by atoms with Crippen LogP contribution in [-0.2, 0) is 25.5 Å². The first-order valence-electron chi connectivity index (χ1n) is 17.4. The van der Waals surface area contributed by atoms with Gasteiger partial charge in [-0.2, -0.15) is 0 Å². The molecule has 0 aromatic heterocycles. The highest BCUT2D eigenvalue weighted by Gasteiger charge is 2.32. The van der Waals surface area contributed by atoms with Gasteiger partial charge in [0.25, 0.3) is 0 Å². The number of benzene rings is 1. The van der Waals surface area contributed by atoms with Gasteiger partial charge in [0.05, 0.1) is 0 Å². The van der Waals surface area contributed by atoms with Crippen molar-refractivity contribution in [2.45, 2.75) is 117 Å². The number of aliphatic hydroxyl groups excluding tert-OH is 1. The van der Waals surface area contributed by atoms with Crippen molar-refractivity contribution in [3.63, 3.8) is 0 Å². The average molecular weight is 627 g/mol. The third-order valence-corrected chi connectivity index (χ3v) is 9.64. The number of ether oxygens (including phenoxy) is 4. The minimum atomic E-state index is -0.442. The van der Waals surface area contributed by atoms with E-state index in [0.29, 0.717) is 41.4 Å². The highest BCUT2D eigenvalue weighted by molar-refractivity contribution is 5.87. The van der Waals surface area contributed by atoms with E-state index in [4.69, 9.17) is 18.9 Å². The molecule has 45 heavy (non-hydrogen) atoms. The second-order valence-electron chi connectivity index (χ2n) is 13.2. The lowest BCUT2D eigenvalue weighted by atomic mass is 9.68. The first kappa shape index (κ1) is 36.7. The van der Waals surface area contributed by atoms with E-state index >= 15 is 0 Å². The summed E-state index contributed by atoms with van der Waals surface area (Å²) in [5, 5.41) is 9.60.